The van der Waals surface area contributed by atoms with Gasteiger partial charge in [0.15, 0.2) is 0 Å². The van der Waals surface area contributed by atoms with E-state index in [9.17, 15) is 5.11 Å². The van der Waals surface area contributed by atoms with Gasteiger partial charge >= 0.3 is 0 Å². The summed E-state index contributed by atoms with van der Waals surface area (Å²) in [4.78, 5) is 0. The first-order chi connectivity index (χ1) is 4.59. The van der Waals surface area contributed by atoms with E-state index in [4.69, 9.17) is 5.41 Å². The number of aliphatic hydroxyl groups excluding tert-OH is 1. The number of nitrogens with one attached hydrogen (secondary N) is 1. The van der Waals surface area contributed by atoms with Crippen molar-refractivity contribution in [3.8, 4) is 0 Å². The van der Waals surface area contributed by atoms with Gasteiger partial charge in [0.25, 0.3) is 0 Å². The third-order valence-electron chi connectivity index (χ3n) is 1.54. The van der Waals surface area contributed by atoms with Crippen molar-refractivity contribution in [1.82, 2.24) is 0 Å². The van der Waals surface area contributed by atoms with Crippen LogP contribution in [0.3, 0.4) is 0 Å². The van der Waals surface area contributed by atoms with Crippen molar-refractivity contribution in [3.05, 3.63) is 0 Å². The van der Waals surface area contributed by atoms with Crippen molar-refractivity contribution < 1.29 is 5.11 Å². The Labute approximate surface area is 62.8 Å². The fourth-order valence-corrected chi connectivity index (χ4v) is 0.814. The van der Waals surface area contributed by atoms with Crippen LogP contribution in [0.1, 0.15) is 33.6 Å². The Morgan fingerprint density at radius 1 is 1.50 bits per heavy atom. The van der Waals surface area contributed by atoms with Crippen molar-refractivity contribution in [1.29, 1.82) is 5.41 Å². The summed E-state index contributed by atoms with van der Waals surface area (Å²) >= 11 is 0. The van der Waals surface area contributed by atoms with Crippen LogP contribution in [-0.4, -0.2) is 16.9 Å². The van der Waals surface area contributed by atoms with Crippen LogP contribution >= 0.6 is 0 Å². The van der Waals surface area contributed by atoms with Crippen LogP contribution in [0.2, 0.25) is 0 Å². The molecule has 0 saturated carbocycles. The molecule has 2 N–H and O–H groups in total. The maximum atomic E-state index is 9.26. The summed E-state index contributed by atoms with van der Waals surface area (Å²) in [5.41, 5.74) is 0.460. The minimum Gasteiger partial charge on any atom is -0.387 e. The largest absolute Gasteiger partial charge is 0.387 e. The molecule has 0 aliphatic heterocycles. The van der Waals surface area contributed by atoms with E-state index < -0.39 is 6.10 Å². The van der Waals surface area contributed by atoms with Crippen LogP contribution in [0.15, 0.2) is 0 Å². The fourth-order valence-electron chi connectivity index (χ4n) is 0.814. The predicted molar refractivity (Wildman–Crippen MR) is 43.5 cm³/mol. The molecule has 2 heteroatoms. The summed E-state index contributed by atoms with van der Waals surface area (Å²) in [6, 6.07) is 0. The second-order valence-electron chi connectivity index (χ2n) is 2.91. The Balaban J connectivity index is 3.71. The Morgan fingerprint density at radius 3 is 2.30 bits per heavy atom. The lowest BCUT2D eigenvalue weighted by Crippen LogP contribution is -2.23. The molecule has 0 fully saturated rings. The zero-order valence-electron chi connectivity index (χ0n) is 7.02. The van der Waals surface area contributed by atoms with Gasteiger partial charge in [0.1, 0.15) is 0 Å². The summed E-state index contributed by atoms with van der Waals surface area (Å²) < 4.78 is 0. The van der Waals surface area contributed by atoms with Gasteiger partial charge in [0.2, 0.25) is 0 Å². The van der Waals surface area contributed by atoms with Crippen LogP contribution < -0.4 is 0 Å². The van der Waals surface area contributed by atoms with Gasteiger partial charge in [-0.2, -0.15) is 0 Å². The van der Waals surface area contributed by atoms with Gasteiger partial charge in [-0.3, -0.25) is 0 Å². The van der Waals surface area contributed by atoms with E-state index in [1.807, 2.05) is 20.8 Å². The molecule has 0 bridgehead atoms. The molecule has 0 aliphatic carbocycles. The van der Waals surface area contributed by atoms with Gasteiger partial charge in [-0.05, 0) is 12.3 Å². The van der Waals surface area contributed by atoms with Crippen LogP contribution in [0.4, 0.5) is 0 Å². The standard InChI is InChI=1S/C8H17NO/c1-4-5-7(10)8(9)6(2)3/h6-7,9-10H,4-5H2,1-3H3. The van der Waals surface area contributed by atoms with Crippen molar-refractivity contribution in [3.63, 3.8) is 0 Å². The maximum Gasteiger partial charge on any atom is 0.0916 e. The first-order valence-electron chi connectivity index (χ1n) is 3.86. The molecular weight excluding hydrogens is 126 g/mol. The third kappa shape index (κ3) is 2.97. The molecular formula is C8H17NO. The summed E-state index contributed by atoms with van der Waals surface area (Å²) in [6.45, 7) is 5.87. The van der Waals surface area contributed by atoms with Crippen LogP contribution in [0.25, 0.3) is 0 Å². The number of hydrogen-bond donors (Lipinski definition) is 2. The Bertz CT molecular complexity index is 110. The zero-order valence-corrected chi connectivity index (χ0v) is 7.02. The van der Waals surface area contributed by atoms with E-state index in [-0.39, 0.29) is 5.92 Å². The number of aliphatic hydroxyl groups is 1. The number of rotatable bonds is 4. The molecule has 0 aromatic rings. The summed E-state index contributed by atoms with van der Waals surface area (Å²) in [5.74, 6) is 0.182. The summed E-state index contributed by atoms with van der Waals surface area (Å²) in [7, 11) is 0. The van der Waals surface area contributed by atoms with Gasteiger partial charge < -0.3 is 10.5 Å². The summed E-state index contributed by atoms with van der Waals surface area (Å²) in [6.07, 6.45) is 1.15. The molecule has 0 aliphatic rings. The van der Waals surface area contributed by atoms with Gasteiger partial charge in [-0.25, -0.2) is 0 Å². The minimum absolute atomic E-state index is 0.182. The topological polar surface area (TPSA) is 44.1 Å². The average molecular weight is 143 g/mol. The Kier molecular flexibility index (Phi) is 4.28. The van der Waals surface area contributed by atoms with Crippen molar-refractivity contribution >= 4 is 5.71 Å². The zero-order chi connectivity index (χ0) is 8.15. The quantitative estimate of drug-likeness (QED) is 0.579. The molecule has 0 radical (unpaired) electrons. The second-order valence-corrected chi connectivity index (χ2v) is 2.91. The third-order valence-corrected chi connectivity index (χ3v) is 1.54. The SMILES string of the molecule is CCCC(O)C(=N)C(C)C. The molecule has 10 heavy (non-hydrogen) atoms. The molecule has 0 heterocycles. The highest BCUT2D eigenvalue weighted by atomic mass is 16.3. The first-order valence-corrected chi connectivity index (χ1v) is 3.86. The van der Waals surface area contributed by atoms with E-state index >= 15 is 0 Å². The lowest BCUT2D eigenvalue weighted by molar-refractivity contribution is 0.223. The predicted octanol–water partition coefficient (Wildman–Crippen LogP) is 1.82. The lowest BCUT2D eigenvalue weighted by atomic mass is 10.0. The number of hydrogen-bond acceptors (Lipinski definition) is 2. The van der Waals surface area contributed by atoms with Crippen molar-refractivity contribution in [2.75, 3.05) is 0 Å². The monoisotopic (exact) mass is 143 g/mol. The van der Waals surface area contributed by atoms with E-state index in [0.717, 1.165) is 12.8 Å². The highest BCUT2D eigenvalue weighted by Crippen LogP contribution is 2.04. The molecule has 2 nitrogen and oxygen atoms in total. The molecule has 1 atom stereocenters. The molecule has 0 aromatic heterocycles. The van der Waals surface area contributed by atoms with E-state index in [1.54, 1.807) is 0 Å². The van der Waals surface area contributed by atoms with E-state index in [1.165, 1.54) is 0 Å². The summed E-state index contributed by atoms with van der Waals surface area (Å²) in [5, 5.41) is 16.7. The highest BCUT2D eigenvalue weighted by molar-refractivity contribution is 5.87. The van der Waals surface area contributed by atoms with E-state index in [0.29, 0.717) is 5.71 Å². The molecule has 60 valence electrons. The molecule has 0 aromatic carbocycles. The lowest BCUT2D eigenvalue weighted by Gasteiger charge is -2.13. The molecule has 0 spiro atoms. The van der Waals surface area contributed by atoms with Gasteiger partial charge in [0, 0.05) is 5.71 Å². The van der Waals surface area contributed by atoms with E-state index in [2.05, 4.69) is 0 Å². The molecule has 0 saturated heterocycles. The first kappa shape index (κ1) is 9.63. The fraction of sp³-hybridized carbons (Fsp3) is 0.875. The maximum absolute atomic E-state index is 9.26. The van der Waals surface area contributed by atoms with Gasteiger partial charge in [0.05, 0.1) is 6.10 Å². The van der Waals surface area contributed by atoms with Crippen LogP contribution in [0.5, 0.6) is 0 Å². The second kappa shape index (κ2) is 4.45. The van der Waals surface area contributed by atoms with Crippen LogP contribution in [-0.2, 0) is 0 Å². The smallest absolute Gasteiger partial charge is 0.0916 e. The Morgan fingerprint density at radius 2 is 2.00 bits per heavy atom. The Hall–Kier alpha value is -0.370. The van der Waals surface area contributed by atoms with Gasteiger partial charge in [-0.1, -0.05) is 27.2 Å². The van der Waals surface area contributed by atoms with Crippen molar-refractivity contribution in [2.24, 2.45) is 5.92 Å². The normalized spacial score (nSPS) is 13.7. The molecule has 0 rings (SSSR count). The van der Waals surface area contributed by atoms with Crippen LogP contribution in [0, 0.1) is 11.3 Å². The van der Waals surface area contributed by atoms with Gasteiger partial charge in [-0.15, -0.1) is 0 Å². The minimum atomic E-state index is -0.509. The molecule has 0 amide bonds. The molecule has 1 unspecified atom stereocenters. The average Bonchev–Trinajstić information content (AvgIpc) is 1.87. The highest BCUT2D eigenvalue weighted by Gasteiger charge is 2.12. The van der Waals surface area contributed by atoms with Crippen molar-refractivity contribution in [2.45, 2.75) is 39.7 Å².